The van der Waals surface area contributed by atoms with Gasteiger partial charge in [0.05, 0.1) is 0 Å². The highest BCUT2D eigenvalue weighted by Gasteiger charge is 2.14. The Morgan fingerprint density at radius 1 is 1.22 bits per heavy atom. The van der Waals surface area contributed by atoms with Crippen molar-refractivity contribution in [3.8, 4) is 0 Å². The molecule has 0 fully saturated rings. The molecule has 2 aromatic rings. The Bertz CT molecular complexity index is 500. The summed E-state index contributed by atoms with van der Waals surface area (Å²) >= 11 is 0. The standard InChI is InChI=1S/C16H22N2/c1-4-18-16(10-12(2)3)14-7-5-6-13-8-9-17-11-15(13)14/h5-9,11-12,16,18H,4,10H2,1-3H3. The summed E-state index contributed by atoms with van der Waals surface area (Å²) in [6.07, 6.45) is 4.99. The fourth-order valence-electron chi connectivity index (χ4n) is 2.48. The molecule has 1 unspecified atom stereocenters. The molecule has 0 radical (unpaired) electrons. The van der Waals surface area contributed by atoms with Gasteiger partial charge >= 0.3 is 0 Å². The monoisotopic (exact) mass is 242 g/mol. The van der Waals surface area contributed by atoms with Crippen molar-refractivity contribution < 1.29 is 0 Å². The predicted molar refractivity (Wildman–Crippen MR) is 77.6 cm³/mol. The van der Waals surface area contributed by atoms with Crippen LogP contribution in [0.3, 0.4) is 0 Å². The third-order valence-corrected chi connectivity index (χ3v) is 3.25. The van der Waals surface area contributed by atoms with Gasteiger partial charge in [-0.3, -0.25) is 4.98 Å². The van der Waals surface area contributed by atoms with Crippen molar-refractivity contribution in [2.24, 2.45) is 5.92 Å². The van der Waals surface area contributed by atoms with Crippen molar-refractivity contribution in [3.05, 3.63) is 42.2 Å². The van der Waals surface area contributed by atoms with E-state index in [1.165, 1.54) is 16.3 Å². The second-order valence-electron chi connectivity index (χ2n) is 5.18. The Kier molecular flexibility index (Phi) is 4.32. The number of pyridine rings is 1. The van der Waals surface area contributed by atoms with Crippen molar-refractivity contribution in [3.63, 3.8) is 0 Å². The second kappa shape index (κ2) is 5.96. The maximum atomic E-state index is 4.27. The highest BCUT2D eigenvalue weighted by molar-refractivity contribution is 5.85. The van der Waals surface area contributed by atoms with Gasteiger partial charge in [0.2, 0.25) is 0 Å². The normalized spacial score (nSPS) is 13.1. The van der Waals surface area contributed by atoms with Gasteiger partial charge in [0, 0.05) is 23.8 Å². The molecular weight excluding hydrogens is 220 g/mol. The summed E-state index contributed by atoms with van der Waals surface area (Å²) in [5.41, 5.74) is 1.37. The van der Waals surface area contributed by atoms with E-state index in [1.807, 2.05) is 12.4 Å². The summed E-state index contributed by atoms with van der Waals surface area (Å²) < 4.78 is 0. The molecule has 1 heterocycles. The molecule has 0 aliphatic rings. The molecule has 2 nitrogen and oxygen atoms in total. The zero-order chi connectivity index (χ0) is 13.0. The number of benzene rings is 1. The third kappa shape index (κ3) is 2.88. The number of hydrogen-bond acceptors (Lipinski definition) is 2. The van der Waals surface area contributed by atoms with E-state index in [2.05, 4.69) is 55.3 Å². The third-order valence-electron chi connectivity index (χ3n) is 3.25. The Hall–Kier alpha value is -1.41. The Morgan fingerprint density at radius 3 is 2.78 bits per heavy atom. The Labute approximate surface area is 109 Å². The van der Waals surface area contributed by atoms with Crippen LogP contribution >= 0.6 is 0 Å². The minimum atomic E-state index is 0.419. The van der Waals surface area contributed by atoms with Gasteiger partial charge < -0.3 is 5.32 Å². The van der Waals surface area contributed by atoms with Crippen molar-refractivity contribution >= 4 is 10.8 Å². The van der Waals surface area contributed by atoms with E-state index in [0.717, 1.165) is 13.0 Å². The van der Waals surface area contributed by atoms with Crippen LogP contribution in [-0.2, 0) is 0 Å². The Morgan fingerprint density at radius 2 is 2.06 bits per heavy atom. The van der Waals surface area contributed by atoms with E-state index >= 15 is 0 Å². The SMILES string of the molecule is CCNC(CC(C)C)c1cccc2ccncc12. The molecule has 2 rings (SSSR count). The molecule has 0 spiro atoms. The second-order valence-corrected chi connectivity index (χ2v) is 5.18. The molecule has 0 aliphatic carbocycles. The fourth-order valence-corrected chi connectivity index (χ4v) is 2.48. The van der Waals surface area contributed by atoms with Crippen LogP contribution in [0.5, 0.6) is 0 Å². The fraction of sp³-hybridized carbons (Fsp3) is 0.438. The summed E-state index contributed by atoms with van der Waals surface area (Å²) in [6.45, 7) is 7.70. The van der Waals surface area contributed by atoms with Crippen molar-refractivity contribution in [2.45, 2.75) is 33.2 Å². The molecule has 1 aromatic carbocycles. The quantitative estimate of drug-likeness (QED) is 0.859. The lowest BCUT2D eigenvalue weighted by molar-refractivity contribution is 0.440. The smallest absolute Gasteiger partial charge is 0.0349 e. The van der Waals surface area contributed by atoms with Crippen LogP contribution in [-0.4, -0.2) is 11.5 Å². The van der Waals surface area contributed by atoms with E-state index in [-0.39, 0.29) is 0 Å². The van der Waals surface area contributed by atoms with Crippen molar-refractivity contribution in [1.29, 1.82) is 0 Å². The lowest BCUT2D eigenvalue weighted by Gasteiger charge is -2.21. The molecule has 96 valence electrons. The van der Waals surface area contributed by atoms with Gasteiger partial charge in [-0.25, -0.2) is 0 Å². The van der Waals surface area contributed by atoms with Crippen molar-refractivity contribution in [1.82, 2.24) is 10.3 Å². The zero-order valence-electron chi connectivity index (χ0n) is 11.5. The summed E-state index contributed by atoms with van der Waals surface area (Å²) in [5, 5.41) is 6.14. The molecule has 1 aromatic heterocycles. The first kappa shape index (κ1) is 13.0. The largest absolute Gasteiger partial charge is 0.310 e. The van der Waals surface area contributed by atoms with Gasteiger partial charge in [0.1, 0.15) is 0 Å². The molecule has 0 amide bonds. The van der Waals surface area contributed by atoms with E-state index in [9.17, 15) is 0 Å². The molecular formula is C16H22N2. The van der Waals surface area contributed by atoms with Gasteiger partial charge in [-0.15, -0.1) is 0 Å². The average Bonchev–Trinajstić information content (AvgIpc) is 2.37. The molecule has 0 saturated carbocycles. The van der Waals surface area contributed by atoms with Crippen LogP contribution in [0.25, 0.3) is 10.8 Å². The van der Waals surface area contributed by atoms with Crippen molar-refractivity contribution in [2.75, 3.05) is 6.54 Å². The molecule has 0 aliphatic heterocycles. The van der Waals surface area contributed by atoms with E-state index in [0.29, 0.717) is 12.0 Å². The average molecular weight is 242 g/mol. The van der Waals surface area contributed by atoms with Crippen LogP contribution < -0.4 is 5.32 Å². The van der Waals surface area contributed by atoms with E-state index < -0.39 is 0 Å². The first-order chi connectivity index (χ1) is 8.72. The van der Waals surface area contributed by atoms with Gasteiger partial charge in [-0.05, 0) is 35.9 Å². The molecule has 2 heteroatoms. The van der Waals surface area contributed by atoms with Gasteiger partial charge in [-0.2, -0.15) is 0 Å². The summed E-state index contributed by atoms with van der Waals surface area (Å²) in [4.78, 5) is 4.27. The van der Waals surface area contributed by atoms with E-state index in [1.54, 1.807) is 0 Å². The summed E-state index contributed by atoms with van der Waals surface area (Å²) in [7, 11) is 0. The molecule has 18 heavy (non-hydrogen) atoms. The van der Waals surface area contributed by atoms with Crippen LogP contribution in [0.4, 0.5) is 0 Å². The summed E-state index contributed by atoms with van der Waals surface area (Å²) in [5.74, 6) is 0.681. The highest BCUT2D eigenvalue weighted by Crippen LogP contribution is 2.27. The van der Waals surface area contributed by atoms with Gasteiger partial charge in [0.25, 0.3) is 0 Å². The molecule has 0 bridgehead atoms. The lowest BCUT2D eigenvalue weighted by atomic mass is 9.93. The van der Waals surface area contributed by atoms with Crippen LogP contribution in [0.2, 0.25) is 0 Å². The van der Waals surface area contributed by atoms with Crippen LogP contribution in [0.15, 0.2) is 36.7 Å². The maximum absolute atomic E-state index is 4.27. The van der Waals surface area contributed by atoms with Crippen LogP contribution in [0.1, 0.15) is 38.8 Å². The number of hydrogen-bond donors (Lipinski definition) is 1. The lowest BCUT2D eigenvalue weighted by Crippen LogP contribution is -2.22. The summed E-state index contributed by atoms with van der Waals surface area (Å²) in [6, 6.07) is 9.01. The number of rotatable bonds is 5. The highest BCUT2D eigenvalue weighted by atomic mass is 14.9. The first-order valence-corrected chi connectivity index (χ1v) is 6.78. The number of fused-ring (bicyclic) bond motifs is 1. The molecule has 0 saturated heterocycles. The van der Waals surface area contributed by atoms with Crippen LogP contribution in [0, 0.1) is 5.92 Å². The Balaban J connectivity index is 2.43. The topological polar surface area (TPSA) is 24.9 Å². The minimum absolute atomic E-state index is 0.419. The number of nitrogens with one attached hydrogen (secondary N) is 1. The minimum Gasteiger partial charge on any atom is -0.310 e. The first-order valence-electron chi connectivity index (χ1n) is 6.78. The number of aromatic nitrogens is 1. The maximum Gasteiger partial charge on any atom is 0.0349 e. The van der Waals surface area contributed by atoms with E-state index in [4.69, 9.17) is 0 Å². The van der Waals surface area contributed by atoms with Gasteiger partial charge in [0.15, 0.2) is 0 Å². The van der Waals surface area contributed by atoms with Gasteiger partial charge in [-0.1, -0.05) is 39.0 Å². The molecule has 1 N–H and O–H groups in total. The molecule has 1 atom stereocenters. The number of nitrogens with zero attached hydrogens (tertiary/aromatic N) is 1. The zero-order valence-corrected chi connectivity index (χ0v) is 11.5. The predicted octanol–water partition coefficient (Wildman–Crippen LogP) is 3.93.